The summed E-state index contributed by atoms with van der Waals surface area (Å²) in [4.78, 5) is 0. The van der Waals surface area contributed by atoms with Crippen LogP contribution in [0.1, 0.15) is 42.5 Å². The van der Waals surface area contributed by atoms with E-state index in [4.69, 9.17) is 5.84 Å². The highest BCUT2D eigenvalue weighted by molar-refractivity contribution is 9.10. The number of rotatable bonds is 4. The molecule has 0 fully saturated rings. The molecule has 2 aromatic carbocycles. The number of hydrazine groups is 1. The summed E-state index contributed by atoms with van der Waals surface area (Å²) in [6.45, 7) is 4.30. The molecule has 1 unspecified atom stereocenters. The van der Waals surface area contributed by atoms with E-state index in [0.717, 1.165) is 15.6 Å². The third-order valence-electron chi connectivity index (χ3n) is 3.37. The van der Waals surface area contributed by atoms with E-state index in [1.54, 1.807) is 6.07 Å². The number of halogens is 2. The van der Waals surface area contributed by atoms with Crippen molar-refractivity contribution in [1.82, 2.24) is 5.43 Å². The van der Waals surface area contributed by atoms with E-state index in [1.165, 1.54) is 17.7 Å². The van der Waals surface area contributed by atoms with Crippen LogP contribution >= 0.6 is 15.9 Å². The van der Waals surface area contributed by atoms with Crippen LogP contribution in [0.4, 0.5) is 4.39 Å². The Hall–Kier alpha value is -1.23. The molecule has 0 bridgehead atoms. The van der Waals surface area contributed by atoms with Gasteiger partial charge in [0.05, 0.1) is 6.04 Å². The second-order valence-corrected chi connectivity index (χ2v) is 5.94. The van der Waals surface area contributed by atoms with Crippen LogP contribution in [-0.2, 0) is 0 Å². The number of benzene rings is 2. The molecule has 3 N–H and O–H groups in total. The first-order valence-corrected chi connectivity index (χ1v) is 7.33. The van der Waals surface area contributed by atoms with Gasteiger partial charge in [-0.25, -0.2) is 9.82 Å². The first kappa shape index (κ1) is 15.2. The Labute approximate surface area is 127 Å². The van der Waals surface area contributed by atoms with Gasteiger partial charge in [-0.3, -0.25) is 5.84 Å². The lowest BCUT2D eigenvalue weighted by atomic mass is 9.95. The van der Waals surface area contributed by atoms with Crippen LogP contribution < -0.4 is 11.3 Å². The average molecular weight is 337 g/mol. The second-order valence-electron chi connectivity index (χ2n) is 5.09. The number of nitrogens with two attached hydrogens (primary N) is 1. The first-order valence-electron chi connectivity index (χ1n) is 6.54. The van der Waals surface area contributed by atoms with E-state index in [9.17, 15) is 4.39 Å². The van der Waals surface area contributed by atoms with Gasteiger partial charge in [-0.15, -0.1) is 0 Å². The van der Waals surface area contributed by atoms with Crippen molar-refractivity contribution in [2.45, 2.75) is 25.8 Å². The minimum absolute atomic E-state index is 0.249. The molecule has 0 amide bonds. The molecule has 106 valence electrons. The molecule has 0 aliphatic heterocycles. The van der Waals surface area contributed by atoms with E-state index in [2.05, 4.69) is 47.3 Å². The van der Waals surface area contributed by atoms with Crippen LogP contribution in [0.25, 0.3) is 0 Å². The van der Waals surface area contributed by atoms with Gasteiger partial charge < -0.3 is 0 Å². The van der Waals surface area contributed by atoms with E-state index in [0.29, 0.717) is 5.92 Å². The highest BCUT2D eigenvalue weighted by atomic mass is 79.9. The maximum atomic E-state index is 13.4. The molecule has 0 saturated carbocycles. The summed E-state index contributed by atoms with van der Waals surface area (Å²) in [6.07, 6.45) is 0. The Morgan fingerprint density at radius 1 is 1.05 bits per heavy atom. The minimum Gasteiger partial charge on any atom is -0.271 e. The van der Waals surface area contributed by atoms with Crippen molar-refractivity contribution in [2.75, 3.05) is 0 Å². The fourth-order valence-corrected chi connectivity index (χ4v) is 2.65. The summed E-state index contributed by atoms with van der Waals surface area (Å²) in [6, 6.07) is 12.6. The molecule has 0 aliphatic rings. The number of hydrogen-bond donors (Lipinski definition) is 2. The predicted molar refractivity (Wildman–Crippen MR) is 83.8 cm³/mol. The minimum atomic E-state index is -0.276. The van der Waals surface area contributed by atoms with E-state index < -0.39 is 0 Å². The lowest BCUT2D eigenvalue weighted by Crippen LogP contribution is -2.29. The van der Waals surface area contributed by atoms with Crippen molar-refractivity contribution in [3.8, 4) is 0 Å². The van der Waals surface area contributed by atoms with E-state index >= 15 is 0 Å². The van der Waals surface area contributed by atoms with Crippen molar-refractivity contribution in [3.05, 3.63) is 69.4 Å². The Morgan fingerprint density at radius 3 is 2.20 bits per heavy atom. The Morgan fingerprint density at radius 2 is 1.65 bits per heavy atom. The van der Waals surface area contributed by atoms with Crippen LogP contribution in [0.15, 0.2) is 46.9 Å². The first-order chi connectivity index (χ1) is 9.52. The summed E-state index contributed by atoms with van der Waals surface area (Å²) in [5.41, 5.74) is 5.81. The molecule has 0 aliphatic carbocycles. The molecular weight excluding hydrogens is 319 g/mol. The lowest BCUT2D eigenvalue weighted by molar-refractivity contribution is 0.603. The number of hydrogen-bond acceptors (Lipinski definition) is 2. The Bertz CT molecular complexity index is 582. The van der Waals surface area contributed by atoms with Gasteiger partial charge in [0.25, 0.3) is 0 Å². The number of nitrogens with one attached hydrogen (secondary N) is 1. The molecule has 0 aromatic heterocycles. The van der Waals surface area contributed by atoms with Crippen LogP contribution in [0.3, 0.4) is 0 Å². The van der Waals surface area contributed by atoms with Gasteiger partial charge in [-0.1, -0.05) is 54.0 Å². The third kappa shape index (κ3) is 3.26. The summed E-state index contributed by atoms with van der Waals surface area (Å²) in [5.74, 6) is 5.87. The van der Waals surface area contributed by atoms with Gasteiger partial charge in [0.1, 0.15) is 5.82 Å². The van der Waals surface area contributed by atoms with Crippen LogP contribution in [0, 0.1) is 5.82 Å². The molecule has 0 saturated heterocycles. The monoisotopic (exact) mass is 336 g/mol. The Balaban J connectivity index is 2.39. The van der Waals surface area contributed by atoms with Crippen molar-refractivity contribution >= 4 is 15.9 Å². The van der Waals surface area contributed by atoms with Gasteiger partial charge in [0.15, 0.2) is 0 Å². The summed E-state index contributed by atoms with van der Waals surface area (Å²) >= 11 is 3.44. The normalized spacial score (nSPS) is 12.7. The zero-order valence-electron chi connectivity index (χ0n) is 11.5. The average Bonchev–Trinajstić information content (AvgIpc) is 2.44. The highest BCUT2D eigenvalue weighted by Crippen LogP contribution is 2.29. The zero-order chi connectivity index (χ0) is 14.7. The van der Waals surface area contributed by atoms with Crippen molar-refractivity contribution in [1.29, 1.82) is 0 Å². The van der Waals surface area contributed by atoms with Gasteiger partial charge in [-0.2, -0.15) is 0 Å². The SMILES string of the molecule is CC(C)c1ccc(C(NN)c2cc(F)ccc2Br)cc1. The van der Waals surface area contributed by atoms with Crippen molar-refractivity contribution in [2.24, 2.45) is 5.84 Å². The van der Waals surface area contributed by atoms with Gasteiger partial charge in [-0.05, 0) is 40.8 Å². The second kappa shape index (κ2) is 6.48. The largest absolute Gasteiger partial charge is 0.271 e. The topological polar surface area (TPSA) is 38.0 Å². The quantitative estimate of drug-likeness (QED) is 0.646. The fraction of sp³-hybridized carbons (Fsp3) is 0.250. The summed E-state index contributed by atoms with van der Waals surface area (Å²) < 4.78 is 14.3. The molecule has 0 radical (unpaired) electrons. The molecule has 2 aromatic rings. The fourth-order valence-electron chi connectivity index (χ4n) is 2.17. The molecule has 0 spiro atoms. The van der Waals surface area contributed by atoms with E-state index in [1.807, 2.05) is 12.1 Å². The van der Waals surface area contributed by atoms with Gasteiger partial charge >= 0.3 is 0 Å². The molecule has 20 heavy (non-hydrogen) atoms. The zero-order valence-corrected chi connectivity index (χ0v) is 13.1. The predicted octanol–water partition coefficient (Wildman–Crippen LogP) is 4.26. The highest BCUT2D eigenvalue weighted by Gasteiger charge is 2.16. The lowest BCUT2D eigenvalue weighted by Gasteiger charge is -2.19. The summed E-state index contributed by atoms with van der Waals surface area (Å²) in [7, 11) is 0. The smallest absolute Gasteiger partial charge is 0.123 e. The van der Waals surface area contributed by atoms with Crippen LogP contribution in [0.5, 0.6) is 0 Å². The summed E-state index contributed by atoms with van der Waals surface area (Å²) in [5, 5.41) is 0. The van der Waals surface area contributed by atoms with Gasteiger partial charge in [0, 0.05) is 4.47 Å². The van der Waals surface area contributed by atoms with Crippen molar-refractivity contribution in [3.63, 3.8) is 0 Å². The molecule has 4 heteroatoms. The molecular formula is C16H18BrFN2. The van der Waals surface area contributed by atoms with Crippen LogP contribution in [0.2, 0.25) is 0 Å². The molecule has 2 nitrogen and oxygen atoms in total. The maximum absolute atomic E-state index is 13.4. The Kier molecular flexibility index (Phi) is 4.91. The molecule has 1 atom stereocenters. The van der Waals surface area contributed by atoms with E-state index in [-0.39, 0.29) is 11.9 Å². The third-order valence-corrected chi connectivity index (χ3v) is 4.09. The van der Waals surface area contributed by atoms with Crippen LogP contribution in [-0.4, -0.2) is 0 Å². The van der Waals surface area contributed by atoms with Crippen molar-refractivity contribution < 1.29 is 4.39 Å². The maximum Gasteiger partial charge on any atom is 0.123 e. The standard InChI is InChI=1S/C16H18BrFN2/c1-10(2)11-3-5-12(6-4-11)16(20-19)14-9-13(18)7-8-15(14)17/h3-10,16,20H,19H2,1-2H3. The molecule has 2 rings (SSSR count). The van der Waals surface area contributed by atoms with Gasteiger partial charge in [0.2, 0.25) is 0 Å². The molecule has 0 heterocycles.